The summed E-state index contributed by atoms with van der Waals surface area (Å²) in [6.45, 7) is 13.1. The lowest BCUT2D eigenvalue weighted by atomic mass is 10.0. The van der Waals surface area contributed by atoms with Gasteiger partial charge in [-0.1, -0.05) is 139 Å². The monoisotopic (exact) mass is 550 g/mol. The second-order valence-electron chi connectivity index (χ2n) is 12.5. The van der Waals surface area contributed by atoms with Crippen molar-refractivity contribution in [3.05, 3.63) is 73.3 Å². The highest BCUT2D eigenvalue weighted by atomic mass is 28.4. The Hall–Kier alpha value is -1.72. The first-order chi connectivity index (χ1) is 18.8. The molecule has 0 bridgehead atoms. The first-order valence-electron chi connectivity index (χ1n) is 15.6. The SMILES string of the molecule is C=CCCCCCCC[C@@H](O)[C@H]1C[C@H](O[Si](c2ccccc2)(c2ccccc2)C(C)(C)C)[C@H](CCCCC)O1. The summed E-state index contributed by atoms with van der Waals surface area (Å²) >= 11 is 0. The number of aliphatic hydroxyl groups excluding tert-OH is 1. The molecule has 2 aromatic rings. The van der Waals surface area contributed by atoms with Crippen LogP contribution in [0.1, 0.15) is 105 Å². The minimum Gasteiger partial charge on any atom is -0.402 e. The molecule has 39 heavy (non-hydrogen) atoms. The van der Waals surface area contributed by atoms with Crippen LogP contribution >= 0.6 is 0 Å². The maximum Gasteiger partial charge on any atom is 0.261 e. The van der Waals surface area contributed by atoms with Crippen LogP contribution in [0.2, 0.25) is 5.04 Å². The van der Waals surface area contributed by atoms with Gasteiger partial charge in [0.15, 0.2) is 0 Å². The molecule has 3 nitrogen and oxygen atoms in total. The Kier molecular flexibility index (Phi) is 13.0. The van der Waals surface area contributed by atoms with Gasteiger partial charge in [0.2, 0.25) is 0 Å². The third kappa shape index (κ3) is 8.63. The molecule has 216 valence electrons. The average molecular weight is 551 g/mol. The molecule has 0 spiro atoms. The highest BCUT2D eigenvalue weighted by Gasteiger charge is 2.53. The van der Waals surface area contributed by atoms with Crippen molar-refractivity contribution < 1.29 is 14.3 Å². The van der Waals surface area contributed by atoms with Gasteiger partial charge in [-0.15, -0.1) is 6.58 Å². The van der Waals surface area contributed by atoms with Crippen molar-refractivity contribution in [2.45, 2.75) is 134 Å². The highest BCUT2D eigenvalue weighted by molar-refractivity contribution is 6.99. The zero-order chi connectivity index (χ0) is 28.1. The Balaban J connectivity index is 1.81. The molecule has 0 aromatic heterocycles. The Morgan fingerprint density at radius 1 is 0.923 bits per heavy atom. The normalized spacial score (nSPS) is 20.7. The zero-order valence-corrected chi connectivity index (χ0v) is 26.1. The van der Waals surface area contributed by atoms with Crippen molar-refractivity contribution in [2.24, 2.45) is 0 Å². The Morgan fingerprint density at radius 2 is 1.51 bits per heavy atom. The van der Waals surface area contributed by atoms with Gasteiger partial charge in [0, 0.05) is 6.42 Å². The molecular formula is C35H54O3Si. The number of hydrogen-bond donors (Lipinski definition) is 1. The van der Waals surface area contributed by atoms with Crippen molar-refractivity contribution in [1.82, 2.24) is 0 Å². The first-order valence-corrected chi connectivity index (χ1v) is 17.5. The summed E-state index contributed by atoms with van der Waals surface area (Å²) in [4.78, 5) is 0. The van der Waals surface area contributed by atoms with E-state index in [1.165, 1.54) is 48.9 Å². The first kappa shape index (κ1) is 31.8. The fraction of sp³-hybridized carbons (Fsp3) is 0.600. The molecular weight excluding hydrogens is 496 g/mol. The highest BCUT2D eigenvalue weighted by Crippen LogP contribution is 2.41. The van der Waals surface area contributed by atoms with Crippen molar-refractivity contribution in [3.63, 3.8) is 0 Å². The summed E-state index contributed by atoms with van der Waals surface area (Å²) in [5.74, 6) is 0. The zero-order valence-electron chi connectivity index (χ0n) is 25.1. The van der Waals surface area contributed by atoms with E-state index in [4.69, 9.17) is 9.16 Å². The number of aliphatic hydroxyl groups is 1. The molecule has 1 aliphatic heterocycles. The summed E-state index contributed by atoms with van der Waals surface area (Å²) < 4.78 is 14.2. The Morgan fingerprint density at radius 3 is 2.08 bits per heavy atom. The van der Waals surface area contributed by atoms with E-state index < -0.39 is 14.4 Å². The molecule has 2 aromatic carbocycles. The maximum absolute atomic E-state index is 11.2. The minimum absolute atomic E-state index is 0.0216. The van der Waals surface area contributed by atoms with Gasteiger partial charge in [0.1, 0.15) is 0 Å². The van der Waals surface area contributed by atoms with Gasteiger partial charge in [0.05, 0.1) is 24.4 Å². The molecule has 0 amide bonds. The smallest absolute Gasteiger partial charge is 0.261 e. The van der Waals surface area contributed by atoms with Crippen LogP contribution in [0.25, 0.3) is 0 Å². The second kappa shape index (κ2) is 15.9. The van der Waals surface area contributed by atoms with Crippen LogP contribution in [-0.4, -0.2) is 37.8 Å². The van der Waals surface area contributed by atoms with Crippen LogP contribution in [0.3, 0.4) is 0 Å². The predicted octanol–water partition coefficient (Wildman–Crippen LogP) is 7.95. The van der Waals surface area contributed by atoms with E-state index >= 15 is 0 Å². The van der Waals surface area contributed by atoms with E-state index in [0.29, 0.717) is 0 Å². The molecule has 1 saturated heterocycles. The fourth-order valence-electron chi connectivity index (χ4n) is 6.25. The van der Waals surface area contributed by atoms with Crippen molar-refractivity contribution in [3.8, 4) is 0 Å². The number of ether oxygens (including phenoxy) is 1. The van der Waals surface area contributed by atoms with E-state index in [-0.39, 0.29) is 23.4 Å². The molecule has 1 N–H and O–H groups in total. The van der Waals surface area contributed by atoms with Crippen molar-refractivity contribution >= 4 is 18.7 Å². The van der Waals surface area contributed by atoms with Crippen LogP contribution < -0.4 is 10.4 Å². The number of hydrogen-bond acceptors (Lipinski definition) is 3. The summed E-state index contributed by atoms with van der Waals surface area (Å²) in [6.07, 6.45) is 14.5. The van der Waals surface area contributed by atoms with Crippen LogP contribution in [-0.2, 0) is 9.16 Å². The predicted molar refractivity (Wildman–Crippen MR) is 168 cm³/mol. The lowest BCUT2D eigenvalue weighted by Crippen LogP contribution is -2.68. The number of unbranched alkanes of at least 4 members (excludes halogenated alkanes) is 7. The van der Waals surface area contributed by atoms with E-state index in [1.54, 1.807) is 0 Å². The second-order valence-corrected chi connectivity index (χ2v) is 16.7. The van der Waals surface area contributed by atoms with Gasteiger partial charge in [-0.2, -0.15) is 0 Å². The Labute approximate surface area is 240 Å². The molecule has 0 unspecified atom stereocenters. The molecule has 0 saturated carbocycles. The maximum atomic E-state index is 11.2. The van der Waals surface area contributed by atoms with Gasteiger partial charge < -0.3 is 14.3 Å². The van der Waals surface area contributed by atoms with Gasteiger partial charge in [0.25, 0.3) is 8.32 Å². The van der Waals surface area contributed by atoms with Gasteiger partial charge >= 0.3 is 0 Å². The number of allylic oxidation sites excluding steroid dienone is 1. The summed E-state index contributed by atoms with van der Waals surface area (Å²) in [7, 11) is -2.68. The van der Waals surface area contributed by atoms with Gasteiger partial charge in [-0.3, -0.25) is 0 Å². The summed E-state index contributed by atoms with van der Waals surface area (Å²) in [5.41, 5.74) is 0. The lowest BCUT2D eigenvalue weighted by molar-refractivity contribution is -0.0485. The van der Waals surface area contributed by atoms with Crippen molar-refractivity contribution in [1.29, 1.82) is 0 Å². The van der Waals surface area contributed by atoms with Crippen LogP contribution in [0, 0.1) is 0 Å². The molecule has 4 heteroatoms. The molecule has 1 aliphatic rings. The molecule has 0 radical (unpaired) electrons. The summed E-state index contributed by atoms with van der Waals surface area (Å²) in [5, 5.41) is 13.7. The van der Waals surface area contributed by atoms with Gasteiger partial charge in [-0.25, -0.2) is 0 Å². The largest absolute Gasteiger partial charge is 0.402 e. The summed E-state index contributed by atoms with van der Waals surface area (Å²) in [6, 6.07) is 21.8. The molecule has 1 fully saturated rings. The van der Waals surface area contributed by atoms with E-state index in [2.05, 4.69) is 94.9 Å². The quantitative estimate of drug-likeness (QED) is 0.123. The standard InChI is InChI=1S/C35H54O3Si/c1-6-8-10-11-12-13-21-26-31(36)33-28-34(32(37-33)27-16-9-7-2)38-39(35(3,4)5,29-22-17-14-18-23-29)30-24-19-15-20-25-30/h6,14-15,17-20,22-25,31-34,36H,1,7-13,16,21,26-28H2,2-5H3/t31-,32+,33-,34+/m1/s1. The van der Waals surface area contributed by atoms with E-state index in [0.717, 1.165) is 38.5 Å². The lowest BCUT2D eigenvalue weighted by Gasteiger charge is -2.45. The third-order valence-corrected chi connectivity index (χ3v) is 13.5. The van der Waals surface area contributed by atoms with Crippen molar-refractivity contribution in [2.75, 3.05) is 0 Å². The molecule has 4 atom stereocenters. The molecule has 0 aliphatic carbocycles. The van der Waals surface area contributed by atoms with Gasteiger partial charge in [-0.05, 0) is 41.1 Å². The van der Waals surface area contributed by atoms with E-state index in [1.807, 2.05) is 6.08 Å². The molecule has 3 rings (SSSR count). The van der Waals surface area contributed by atoms with Crippen LogP contribution in [0.15, 0.2) is 73.3 Å². The van der Waals surface area contributed by atoms with Crippen LogP contribution in [0.5, 0.6) is 0 Å². The number of rotatable bonds is 17. The minimum atomic E-state index is -2.68. The topological polar surface area (TPSA) is 38.7 Å². The average Bonchev–Trinajstić information content (AvgIpc) is 3.34. The molecule has 1 heterocycles. The third-order valence-electron chi connectivity index (χ3n) is 8.40. The fourth-order valence-corrected chi connectivity index (χ4v) is 11.0. The van der Waals surface area contributed by atoms with E-state index in [9.17, 15) is 5.11 Å². The number of benzene rings is 2. The Bertz CT molecular complexity index is 900. The van der Waals surface area contributed by atoms with Crippen LogP contribution in [0.4, 0.5) is 0 Å².